The molecule has 0 saturated carbocycles. The molecule has 2 aliphatic heterocycles. The van der Waals surface area contributed by atoms with Crippen molar-refractivity contribution in [1.82, 2.24) is 4.72 Å². The third-order valence-corrected chi connectivity index (χ3v) is 5.84. The number of carbonyl (C=O) groups is 1. The average Bonchev–Trinajstić information content (AvgIpc) is 3.06. The fraction of sp³-hybridized carbons (Fsp3) is 0.588. The summed E-state index contributed by atoms with van der Waals surface area (Å²) >= 11 is 0. The summed E-state index contributed by atoms with van der Waals surface area (Å²) < 4.78 is 44.6. The molecule has 13 heteroatoms. The molecule has 1 amide bonds. The molecule has 0 aromatic heterocycles. The Balaban J connectivity index is 1.64. The standard InChI is InChI=1S/C17H23FN6O5S/c1-30(27,28)21-9-13-10-24(16(25)29-13)12-2-3-15(14(18)8-12)23-6-4-17(26,5-7-23)11-20-22-19/h2-3,8,13,21,26H,4-7,9-11H2,1H3/t13-/m1/s1. The predicted octanol–water partition coefficient (Wildman–Crippen LogP) is 1.34. The molecule has 2 heterocycles. The number of hydrogen-bond donors (Lipinski definition) is 2. The lowest BCUT2D eigenvalue weighted by atomic mass is 9.91. The minimum Gasteiger partial charge on any atom is -0.443 e. The topological polar surface area (TPSA) is 148 Å². The van der Waals surface area contributed by atoms with E-state index in [0.717, 1.165) is 6.26 Å². The number of sulfonamides is 1. The second-order valence-electron chi connectivity index (χ2n) is 7.47. The highest BCUT2D eigenvalue weighted by Crippen LogP contribution is 2.31. The molecule has 2 aliphatic rings. The van der Waals surface area contributed by atoms with Gasteiger partial charge >= 0.3 is 6.09 Å². The molecule has 1 atom stereocenters. The Kier molecular flexibility index (Phi) is 6.36. The number of nitrogens with zero attached hydrogens (tertiary/aromatic N) is 5. The quantitative estimate of drug-likeness (QED) is 0.370. The van der Waals surface area contributed by atoms with Crippen molar-refractivity contribution in [2.75, 3.05) is 48.8 Å². The van der Waals surface area contributed by atoms with Gasteiger partial charge < -0.3 is 14.7 Å². The fourth-order valence-electron chi connectivity index (χ4n) is 3.49. The molecular formula is C17H23FN6O5S. The van der Waals surface area contributed by atoms with Gasteiger partial charge in [-0.25, -0.2) is 22.3 Å². The normalized spacial score (nSPS) is 21.3. The van der Waals surface area contributed by atoms with Crippen LogP contribution in [-0.4, -0.2) is 70.3 Å². The van der Waals surface area contributed by atoms with Gasteiger partial charge in [0.05, 0.1) is 36.3 Å². The first kappa shape index (κ1) is 22.1. The molecule has 11 nitrogen and oxygen atoms in total. The zero-order chi connectivity index (χ0) is 21.9. The van der Waals surface area contributed by atoms with Gasteiger partial charge in [0, 0.05) is 24.5 Å². The number of halogens is 1. The van der Waals surface area contributed by atoms with Gasteiger partial charge in [-0.1, -0.05) is 5.11 Å². The summed E-state index contributed by atoms with van der Waals surface area (Å²) in [7, 11) is -3.42. The highest BCUT2D eigenvalue weighted by atomic mass is 32.2. The van der Waals surface area contributed by atoms with E-state index in [1.165, 1.54) is 11.0 Å². The van der Waals surface area contributed by atoms with Gasteiger partial charge in [0.15, 0.2) is 0 Å². The zero-order valence-corrected chi connectivity index (χ0v) is 17.2. The smallest absolute Gasteiger partial charge is 0.414 e. The molecule has 1 aromatic rings. The Morgan fingerprint density at radius 1 is 1.43 bits per heavy atom. The molecule has 0 spiro atoms. The molecule has 2 saturated heterocycles. The number of hydrogen-bond acceptors (Lipinski definition) is 7. The number of piperidine rings is 1. The van der Waals surface area contributed by atoms with E-state index in [9.17, 15) is 22.7 Å². The Hall–Kier alpha value is -2.60. The summed E-state index contributed by atoms with van der Waals surface area (Å²) in [4.78, 5) is 17.8. The molecule has 2 N–H and O–H groups in total. The number of carbonyl (C=O) groups excluding carboxylic acids is 1. The Labute approximate surface area is 173 Å². The first-order valence-corrected chi connectivity index (χ1v) is 11.2. The first-order valence-electron chi connectivity index (χ1n) is 9.31. The minimum absolute atomic E-state index is 0.0226. The Morgan fingerprint density at radius 3 is 2.73 bits per heavy atom. The van der Waals surface area contributed by atoms with Crippen molar-refractivity contribution < 1.29 is 27.4 Å². The molecule has 3 rings (SSSR count). The van der Waals surface area contributed by atoms with Crippen LogP contribution in [0.4, 0.5) is 20.6 Å². The zero-order valence-electron chi connectivity index (χ0n) is 16.4. The Morgan fingerprint density at radius 2 is 2.13 bits per heavy atom. The van der Waals surface area contributed by atoms with Gasteiger partial charge in [-0.2, -0.15) is 0 Å². The largest absolute Gasteiger partial charge is 0.443 e. The number of rotatable bonds is 7. The lowest BCUT2D eigenvalue weighted by Crippen LogP contribution is -2.46. The van der Waals surface area contributed by atoms with Crippen LogP contribution in [-0.2, 0) is 14.8 Å². The van der Waals surface area contributed by atoms with E-state index in [0.29, 0.717) is 37.3 Å². The van der Waals surface area contributed by atoms with Gasteiger partial charge in [-0.15, -0.1) is 0 Å². The van der Waals surface area contributed by atoms with E-state index in [4.69, 9.17) is 10.3 Å². The van der Waals surface area contributed by atoms with Crippen LogP contribution in [0.5, 0.6) is 0 Å². The summed E-state index contributed by atoms with van der Waals surface area (Å²) in [5, 5.41) is 13.8. The van der Waals surface area contributed by atoms with Crippen molar-refractivity contribution in [2.24, 2.45) is 5.11 Å². The number of nitrogens with one attached hydrogen (secondary N) is 1. The number of azide groups is 1. The van der Waals surface area contributed by atoms with Crippen LogP contribution in [0.25, 0.3) is 10.4 Å². The first-order chi connectivity index (χ1) is 14.1. The molecular weight excluding hydrogens is 419 g/mol. The fourth-order valence-corrected chi connectivity index (χ4v) is 3.98. The Bertz CT molecular complexity index is 959. The molecule has 30 heavy (non-hydrogen) atoms. The van der Waals surface area contributed by atoms with Crippen molar-refractivity contribution in [3.05, 3.63) is 34.5 Å². The van der Waals surface area contributed by atoms with E-state index in [2.05, 4.69) is 14.7 Å². The van der Waals surface area contributed by atoms with Crippen molar-refractivity contribution in [3.63, 3.8) is 0 Å². The number of aliphatic hydroxyl groups is 1. The maximum absolute atomic E-state index is 14.8. The molecule has 0 radical (unpaired) electrons. The summed E-state index contributed by atoms with van der Waals surface area (Å²) in [6.45, 7) is 0.785. The number of benzene rings is 1. The number of cyclic esters (lactones) is 1. The predicted molar refractivity (Wildman–Crippen MR) is 107 cm³/mol. The van der Waals surface area contributed by atoms with Crippen LogP contribution < -0.4 is 14.5 Å². The molecule has 1 aromatic carbocycles. The van der Waals surface area contributed by atoms with Crippen LogP contribution in [0, 0.1) is 5.82 Å². The molecule has 0 aliphatic carbocycles. The van der Waals surface area contributed by atoms with E-state index in [1.54, 1.807) is 17.0 Å². The highest BCUT2D eigenvalue weighted by molar-refractivity contribution is 7.88. The van der Waals surface area contributed by atoms with Crippen LogP contribution in [0.15, 0.2) is 23.3 Å². The van der Waals surface area contributed by atoms with E-state index >= 15 is 0 Å². The summed E-state index contributed by atoms with van der Waals surface area (Å²) in [5.74, 6) is -0.529. The van der Waals surface area contributed by atoms with Crippen molar-refractivity contribution >= 4 is 27.5 Å². The third-order valence-electron chi connectivity index (χ3n) is 5.15. The maximum atomic E-state index is 14.8. The second kappa shape index (κ2) is 8.64. The second-order valence-corrected chi connectivity index (χ2v) is 9.31. The molecule has 164 valence electrons. The monoisotopic (exact) mass is 442 g/mol. The van der Waals surface area contributed by atoms with Gasteiger partial charge in [0.25, 0.3) is 0 Å². The average molecular weight is 442 g/mol. The summed E-state index contributed by atoms with van der Waals surface area (Å²) in [6, 6.07) is 4.37. The van der Waals surface area contributed by atoms with Gasteiger partial charge in [0.1, 0.15) is 11.9 Å². The maximum Gasteiger partial charge on any atom is 0.414 e. The SMILES string of the molecule is CS(=O)(=O)NC[C@@H]1CN(c2ccc(N3CCC(O)(CN=[N+]=[N-])CC3)c(F)c2)C(=O)O1. The molecule has 2 fully saturated rings. The number of anilines is 2. The van der Waals surface area contributed by atoms with Crippen LogP contribution in [0.1, 0.15) is 12.8 Å². The van der Waals surface area contributed by atoms with Gasteiger partial charge in [0.2, 0.25) is 10.0 Å². The molecule has 0 unspecified atom stereocenters. The van der Waals surface area contributed by atoms with Crippen molar-refractivity contribution in [1.29, 1.82) is 0 Å². The van der Waals surface area contributed by atoms with Crippen LogP contribution >= 0.6 is 0 Å². The third kappa shape index (κ3) is 5.30. The lowest BCUT2D eigenvalue weighted by molar-refractivity contribution is 0.0250. The summed E-state index contributed by atoms with van der Waals surface area (Å²) in [6.07, 6.45) is 0.323. The van der Waals surface area contributed by atoms with Gasteiger partial charge in [-0.3, -0.25) is 4.90 Å². The summed E-state index contributed by atoms with van der Waals surface area (Å²) in [5.41, 5.74) is 7.97. The van der Waals surface area contributed by atoms with E-state index in [1.807, 2.05) is 0 Å². The highest BCUT2D eigenvalue weighted by Gasteiger charge is 2.35. The minimum atomic E-state index is -3.42. The number of ether oxygens (including phenoxy) is 1. The van der Waals surface area contributed by atoms with Crippen molar-refractivity contribution in [2.45, 2.75) is 24.5 Å². The van der Waals surface area contributed by atoms with E-state index < -0.39 is 33.6 Å². The van der Waals surface area contributed by atoms with Crippen LogP contribution in [0.3, 0.4) is 0 Å². The van der Waals surface area contributed by atoms with E-state index in [-0.39, 0.29) is 19.6 Å². The lowest BCUT2D eigenvalue weighted by Gasteiger charge is -2.38. The van der Waals surface area contributed by atoms with Crippen LogP contribution in [0.2, 0.25) is 0 Å². The van der Waals surface area contributed by atoms with Gasteiger partial charge in [-0.05, 0) is 36.6 Å². The van der Waals surface area contributed by atoms with Crippen molar-refractivity contribution in [3.8, 4) is 0 Å². The molecule has 0 bridgehead atoms. The number of amides is 1.